The lowest BCUT2D eigenvalue weighted by atomic mass is 10.4. The first kappa shape index (κ1) is 22.3. The molecule has 2 nitrogen and oxygen atoms in total. The predicted molar refractivity (Wildman–Crippen MR) is 108 cm³/mol. The SMILES string of the molecule is C=C[Si](C)(C)O[C@@H](C)[Si](C)(C)OC(CC)[Si](C)(C)CCCC. The Morgan fingerprint density at radius 3 is 1.95 bits per heavy atom. The molecule has 0 amide bonds. The van der Waals surface area contributed by atoms with Crippen molar-refractivity contribution in [2.75, 3.05) is 0 Å². The van der Waals surface area contributed by atoms with Gasteiger partial charge in [0.1, 0.15) is 0 Å². The molecular formula is C17H40O2Si3. The van der Waals surface area contributed by atoms with Gasteiger partial charge >= 0.3 is 0 Å². The maximum Gasteiger partial charge on any atom is 0.213 e. The van der Waals surface area contributed by atoms with Gasteiger partial charge in [0, 0.05) is 5.73 Å². The van der Waals surface area contributed by atoms with E-state index in [1.165, 1.54) is 18.9 Å². The minimum absolute atomic E-state index is 0.220. The van der Waals surface area contributed by atoms with Gasteiger partial charge in [0.05, 0.1) is 13.8 Å². The van der Waals surface area contributed by atoms with Crippen molar-refractivity contribution in [1.29, 1.82) is 0 Å². The summed E-state index contributed by atoms with van der Waals surface area (Å²) >= 11 is 0. The van der Waals surface area contributed by atoms with Gasteiger partial charge in [-0.3, -0.25) is 0 Å². The highest BCUT2D eigenvalue weighted by Gasteiger charge is 2.41. The van der Waals surface area contributed by atoms with E-state index in [0.717, 1.165) is 6.42 Å². The normalized spacial score (nSPS) is 16.4. The van der Waals surface area contributed by atoms with Crippen LogP contribution in [-0.4, -0.2) is 36.2 Å². The monoisotopic (exact) mass is 360 g/mol. The molecule has 0 radical (unpaired) electrons. The summed E-state index contributed by atoms with van der Waals surface area (Å²) in [6.45, 7) is 24.7. The van der Waals surface area contributed by atoms with E-state index in [1.807, 2.05) is 5.70 Å². The molecule has 0 rings (SSSR count). The van der Waals surface area contributed by atoms with Crippen molar-refractivity contribution in [3.05, 3.63) is 12.3 Å². The largest absolute Gasteiger partial charge is 0.415 e. The second-order valence-electron chi connectivity index (χ2n) is 8.28. The summed E-state index contributed by atoms with van der Waals surface area (Å²) in [5.41, 5.74) is 2.70. The van der Waals surface area contributed by atoms with E-state index in [4.69, 9.17) is 8.85 Å². The van der Waals surface area contributed by atoms with Crippen LogP contribution in [0.2, 0.25) is 45.3 Å². The standard InChI is InChI=1S/C17H40O2Si3/c1-11-14-15-20(5,6)17(12-2)19-22(9,10)16(4)18-21(7,8)13-3/h13,16-17H,3,11-12,14-15H2,1-2,4-10H3/t16-,17?/m1/s1. The van der Waals surface area contributed by atoms with Crippen molar-refractivity contribution in [2.45, 2.75) is 96.8 Å². The second-order valence-corrected chi connectivity index (χ2v) is 21.5. The Kier molecular flexibility index (Phi) is 9.09. The lowest BCUT2D eigenvalue weighted by Gasteiger charge is -2.41. The lowest BCUT2D eigenvalue weighted by Crippen LogP contribution is -2.55. The molecule has 0 spiro atoms. The number of rotatable bonds is 11. The zero-order chi connectivity index (χ0) is 17.6. The van der Waals surface area contributed by atoms with E-state index in [1.54, 1.807) is 0 Å². The van der Waals surface area contributed by atoms with Gasteiger partial charge in [-0.1, -0.05) is 51.5 Å². The van der Waals surface area contributed by atoms with Crippen LogP contribution >= 0.6 is 0 Å². The molecule has 0 heterocycles. The first-order valence-corrected chi connectivity index (χ1v) is 18.2. The predicted octanol–water partition coefficient (Wildman–Crippen LogP) is 5.91. The van der Waals surface area contributed by atoms with Gasteiger partial charge in [-0.2, -0.15) is 0 Å². The summed E-state index contributed by atoms with van der Waals surface area (Å²) in [6, 6.07) is 1.37. The van der Waals surface area contributed by atoms with Crippen molar-refractivity contribution < 1.29 is 8.85 Å². The fraction of sp³-hybridized carbons (Fsp3) is 0.882. The van der Waals surface area contributed by atoms with Crippen LogP contribution in [0.1, 0.15) is 40.0 Å². The minimum atomic E-state index is -1.87. The van der Waals surface area contributed by atoms with Crippen molar-refractivity contribution in [1.82, 2.24) is 0 Å². The Morgan fingerprint density at radius 1 is 1.00 bits per heavy atom. The minimum Gasteiger partial charge on any atom is -0.415 e. The summed E-state index contributed by atoms with van der Waals surface area (Å²) in [5.74, 6) is 0. The van der Waals surface area contributed by atoms with Crippen molar-refractivity contribution >= 4 is 24.7 Å². The molecule has 0 aromatic heterocycles. The fourth-order valence-electron chi connectivity index (χ4n) is 2.70. The Bertz CT molecular complexity index is 341. The molecule has 0 fully saturated rings. The Labute approximate surface area is 143 Å². The van der Waals surface area contributed by atoms with Crippen LogP contribution in [-0.2, 0) is 8.85 Å². The Morgan fingerprint density at radius 2 is 1.55 bits per heavy atom. The summed E-state index contributed by atoms with van der Waals surface area (Å²) in [7, 11) is -4.94. The summed E-state index contributed by atoms with van der Waals surface area (Å²) in [6.07, 6.45) is 3.75. The van der Waals surface area contributed by atoms with Gasteiger partial charge in [0.25, 0.3) is 0 Å². The van der Waals surface area contributed by atoms with Gasteiger partial charge in [0.2, 0.25) is 16.6 Å². The third kappa shape index (κ3) is 7.25. The highest BCUT2D eigenvalue weighted by Crippen LogP contribution is 2.28. The summed E-state index contributed by atoms with van der Waals surface area (Å²) < 4.78 is 13.1. The number of hydrogen-bond donors (Lipinski definition) is 0. The van der Waals surface area contributed by atoms with E-state index < -0.39 is 24.7 Å². The molecule has 2 atom stereocenters. The first-order chi connectivity index (χ1) is 9.91. The summed E-state index contributed by atoms with van der Waals surface area (Å²) in [5, 5.41) is 0. The maximum atomic E-state index is 6.76. The van der Waals surface area contributed by atoms with Gasteiger partial charge in [-0.15, -0.1) is 6.58 Å². The van der Waals surface area contributed by atoms with Gasteiger partial charge in [-0.25, -0.2) is 0 Å². The molecule has 132 valence electrons. The second kappa shape index (κ2) is 8.97. The van der Waals surface area contributed by atoms with E-state index in [0.29, 0.717) is 5.73 Å². The van der Waals surface area contributed by atoms with Crippen LogP contribution in [0.5, 0.6) is 0 Å². The van der Waals surface area contributed by atoms with Crippen LogP contribution in [0, 0.1) is 0 Å². The van der Waals surface area contributed by atoms with Crippen LogP contribution in [0.3, 0.4) is 0 Å². The molecular weight excluding hydrogens is 320 g/mol. The highest BCUT2D eigenvalue weighted by molar-refractivity contribution is 6.81. The van der Waals surface area contributed by atoms with Crippen molar-refractivity contribution in [3.8, 4) is 0 Å². The van der Waals surface area contributed by atoms with Gasteiger partial charge < -0.3 is 8.85 Å². The van der Waals surface area contributed by atoms with Gasteiger partial charge in [0.15, 0.2) is 0 Å². The van der Waals surface area contributed by atoms with Crippen LogP contribution < -0.4 is 0 Å². The number of unbranched alkanes of at least 4 members (excludes halogenated alkanes) is 1. The van der Waals surface area contributed by atoms with Gasteiger partial charge in [-0.05, 0) is 39.5 Å². The zero-order valence-corrected chi connectivity index (χ0v) is 19.6. The molecule has 5 heteroatoms. The third-order valence-electron chi connectivity index (χ3n) is 4.81. The van der Waals surface area contributed by atoms with E-state index in [2.05, 4.69) is 66.6 Å². The smallest absolute Gasteiger partial charge is 0.213 e. The number of hydrogen-bond acceptors (Lipinski definition) is 2. The average molecular weight is 361 g/mol. The molecule has 1 unspecified atom stereocenters. The van der Waals surface area contributed by atoms with Crippen molar-refractivity contribution in [3.63, 3.8) is 0 Å². The molecule has 0 saturated carbocycles. The molecule has 0 saturated heterocycles. The maximum absolute atomic E-state index is 6.76. The first-order valence-electron chi connectivity index (χ1n) is 8.91. The molecule has 0 bridgehead atoms. The van der Waals surface area contributed by atoms with E-state index >= 15 is 0 Å². The van der Waals surface area contributed by atoms with E-state index in [9.17, 15) is 0 Å². The highest BCUT2D eigenvalue weighted by atomic mass is 28.4. The summed E-state index contributed by atoms with van der Waals surface area (Å²) in [4.78, 5) is 0. The van der Waals surface area contributed by atoms with Crippen LogP contribution in [0.15, 0.2) is 12.3 Å². The molecule has 0 aliphatic rings. The topological polar surface area (TPSA) is 18.5 Å². The van der Waals surface area contributed by atoms with Crippen LogP contribution in [0.25, 0.3) is 0 Å². The quantitative estimate of drug-likeness (QED) is 0.426. The lowest BCUT2D eigenvalue weighted by molar-refractivity contribution is 0.196. The average Bonchev–Trinajstić information content (AvgIpc) is 2.42. The Hall–Kier alpha value is 0.311. The third-order valence-corrected chi connectivity index (χ3v) is 14.1. The molecule has 0 aromatic rings. The molecule has 0 aromatic carbocycles. The molecule has 0 N–H and O–H groups in total. The van der Waals surface area contributed by atoms with E-state index in [-0.39, 0.29) is 5.73 Å². The van der Waals surface area contributed by atoms with Crippen LogP contribution in [0.4, 0.5) is 0 Å². The molecule has 0 aliphatic carbocycles. The zero-order valence-electron chi connectivity index (χ0n) is 16.6. The Balaban J connectivity index is 4.93. The van der Waals surface area contributed by atoms with Crippen molar-refractivity contribution in [2.24, 2.45) is 0 Å². The fourth-order valence-corrected chi connectivity index (χ4v) is 11.7. The molecule has 0 aliphatic heterocycles. The molecule has 22 heavy (non-hydrogen) atoms.